The third kappa shape index (κ3) is 4.95. The van der Waals surface area contributed by atoms with Crippen molar-refractivity contribution in [1.82, 2.24) is 9.21 Å². The molecule has 10 heteroatoms. The lowest BCUT2D eigenvalue weighted by atomic mass is 10.3. The second kappa shape index (κ2) is 9.33. The van der Waals surface area contributed by atoms with Crippen molar-refractivity contribution in [2.45, 2.75) is 24.7 Å². The number of benzene rings is 1. The van der Waals surface area contributed by atoms with E-state index in [2.05, 4.69) is 6.92 Å². The van der Waals surface area contributed by atoms with Crippen LogP contribution in [0.5, 0.6) is 0 Å². The van der Waals surface area contributed by atoms with E-state index in [1.807, 2.05) is 0 Å². The molecule has 0 saturated carbocycles. The zero-order chi connectivity index (χ0) is 19.2. The van der Waals surface area contributed by atoms with E-state index in [0.717, 1.165) is 18.6 Å². The van der Waals surface area contributed by atoms with E-state index >= 15 is 0 Å². The molecule has 0 aliphatic carbocycles. The molecule has 1 saturated heterocycles. The van der Waals surface area contributed by atoms with Gasteiger partial charge in [-0.25, -0.2) is 8.42 Å². The maximum Gasteiger partial charge on any atom is 0.289 e. The summed E-state index contributed by atoms with van der Waals surface area (Å²) in [5.41, 5.74) is -0.432. The highest BCUT2D eigenvalue weighted by atomic mass is 32.2. The number of nitro groups is 1. The molecule has 1 amide bonds. The SMILES string of the molecule is CCCCSCC(=O)N1CCN(S(=O)(=O)c2ccccc2[N+](=O)[O-])CC1. The molecule has 8 nitrogen and oxygen atoms in total. The van der Waals surface area contributed by atoms with Gasteiger partial charge in [-0.15, -0.1) is 0 Å². The highest BCUT2D eigenvalue weighted by Crippen LogP contribution is 2.27. The standard InChI is InChI=1S/C16H23N3O5S2/c1-2-3-12-25-13-16(20)17-8-10-18(11-9-17)26(23,24)15-7-5-4-6-14(15)19(21)22/h4-7H,2-3,8-13H2,1H3. The van der Waals surface area contributed by atoms with Gasteiger partial charge in [-0.05, 0) is 18.2 Å². The van der Waals surface area contributed by atoms with E-state index in [4.69, 9.17) is 0 Å². The topological polar surface area (TPSA) is 101 Å². The number of unbranched alkanes of at least 4 members (excludes halogenated alkanes) is 1. The molecule has 1 aromatic carbocycles. The summed E-state index contributed by atoms with van der Waals surface area (Å²) in [6, 6.07) is 5.33. The Kier molecular flexibility index (Phi) is 7.42. The predicted octanol–water partition coefficient (Wildman–Crippen LogP) is 1.96. The van der Waals surface area contributed by atoms with Crippen molar-refractivity contribution in [2.75, 3.05) is 37.7 Å². The molecule has 2 rings (SSSR count). The van der Waals surface area contributed by atoms with Crippen LogP contribution >= 0.6 is 11.8 Å². The fourth-order valence-corrected chi connectivity index (χ4v) is 5.21. The monoisotopic (exact) mass is 401 g/mol. The van der Waals surface area contributed by atoms with Gasteiger partial charge in [0.25, 0.3) is 5.69 Å². The third-order valence-corrected chi connectivity index (χ3v) is 7.11. The number of para-hydroxylation sites is 1. The van der Waals surface area contributed by atoms with E-state index in [-0.39, 0.29) is 23.9 Å². The van der Waals surface area contributed by atoms with Gasteiger partial charge in [0, 0.05) is 32.2 Å². The molecular weight excluding hydrogens is 378 g/mol. The van der Waals surface area contributed by atoms with Gasteiger partial charge in [-0.3, -0.25) is 14.9 Å². The van der Waals surface area contributed by atoms with Crippen molar-refractivity contribution >= 4 is 33.4 Å². The highest BCUT2D eigenvalue weighted by molar-refractivity contribution is 7.99. The van der Waals surface area contributed by atoms with Gasteiger partial charge in [0.1, 0.15) is 0 Å². The minimum atomic E-state index is -3.96. The van der Waals surface area contributed by atoms with Crippen molar-refractivity contribution in [1.29, 1.82) is 0 Å². The maximum atomic E-state index is 12.7. The molecule has 1 aliphatic heterocycles. The Bertz CT molecular complexity index is 746. The van der Waals surface area contributed by atoms with Gasteiger partial charge in [0.2, 0.25) is 15.9 Å². The number of rotatable bonds is 8. The molecule has 26 heavy (non-hydrogen) atoms. The van der Waals surface area contributed by atoms with Crippen LogP contribution in [-0.2, 0) is 14.8 Å². The summed E-state index contributed by atoms with van der Waals surface area (Å²) in [4.78, 5) is 23.9. The number of sulfonamides is 1. The molecule has 0 unspecified atom stereocenters. The number of piperazine rings is 1. The number of carbonyl (C=O) groups is 1. The molecule has 1 fully saturated rings. The lowest BCUT2D eigenvalue weighted by molar-refractivity contribution is -0.387. The molecule has 144 valence electrons. The molecule has 0 aromatic heterocycles. The van der Waals surface area contributed by atoms with Gasteiger partial charge in [-0.1, -0.05) is 25.5 Å². The number of hydrogen-bond donors (Lipinski definition) is 0. The molecule has 1 heterocycles. The quantitative estimate of drug-likeness (QED) is 0.375. The number of amides is 1. The second-order valence-electron chi connectivity index (χ2n) is 5.92. The Morgan fingerprint density at radius 2 is 1.88 bits per heavy atom. The first-order valence-electron chi connectivity index (χ1n) is 8.47. The van der Waals surface area contributed by atoms with Crippen LogP contribution in [0.1, 0.15) is 19.8 Å². The van der Waals surface area contributed by atoms with Crippen molar-refractivity contribution in [3.63, 3.8) is 0 Å². The lowest BCUT2D eigenvalue weighted by Gasteiger charge is -2.33. The molecule has 0 N–H and O–H groups in total. The van der Waals surface area contributed by atoms with Crippen molar-refractivity contribution in [3.05, 3.63) is 34.4 Å². The Balaban J connectivity index is 1.99. The number of carbonyl (C=O) groups excluding carboxylic acids is 1. The molecular formula is C16H23N3O5S2. The van der Waals surface area contributed by atoms with Crippen LogP contribution < -0.4 is 0 Å². The number of thioether (sulfide) groups is 1. The van der Waals surface area contributed by atoms with Gasteiger partial charge in [0.15, 0.2) is 4.90 Å². The first-order chi connectivity index (χ1) is 12.4. The van der Waals surface area contributed by atoms with Crippen LogP contribution in [-0.4, -0.2) is 66.1 Å². The molecule has 0 atom stereocenters. The normalized spacial score (nSPS) is 15.8. The summed E-state index contributed by atoms with van der Waals surface area (Å²) in [6.45, 7) is 2.97. The smallest absolute Gasteiger partial charge is 0.289 e. The largest absolute Gasteiger partial charge is 0.339 e. The number of nitro benzene ring substituents is 1. The molecule has 1 aliphatic rings. The Hall–Kier alpha value is -1.65. The molecule has 0 spiro atoms. The van der Waals surface area contributed by atoms with E-state index in [1.165, 1.54) is 28.6 Å². The number of hydrogen-bond acceptors (Lipinski definition) is 6. The van der Waals surface area contributed by atoms with Crippen LogP contribution in [0, 0.1) is 10.1 Å². The average molecular weight is 402 g/mol. The first-order valence-corrected chi connectivity index (χ1v) is 11.1. The minimum Gasteiger partial charge on any atom is -0.339 e. The van der Waals surface area contributed by atoms with Crippen LogP contribution in [0.2, 0.25) is 0 Å². The summed E-state index contributed by atoms with van der Waals surface area (Å²) >= 11 is 1.59. The summed E-state index contributed by atoms with van der Waals surface area (Å²) in [6.07, 6.45) is 2.16. The fourth-order valence-electron chi connectivity index (χ4n) is 2.64. The lowest BCUT2D eigenvalue weighted by Crippen LogP contribution is -2.51. The summed E-state index contributed by atoms with van der Waals surface area (Å²) < 4.78 is 26.7. The minimum absolute atomic E-state index is 0.00819. The van der Waals surface area contributed by atoms with Gasteiger partial charge in [0.05, 0.1) is 10.7 Å². The average Bonchev–Trinajstić information content (AvgIpc) is 2.65. The van der Waals surface area contributed by atoms with E-state index in [1.54, 1.807) is 16.7 Å². The van der Waals surface area contributed by atoms with Crippen LogP contribution in [0.4, 0.5) is 5.69 Å². The Morgan fingerprint density at radius 3 is 2.50 bits per heavy atom. The summed E-state index contributed by atoms with van der Waals surface area (Å²) in [7, 11) is -3.96. The zero-order valence-electron chi connectivity index (χ0n) is 14.7. The molecule has 0 radical (unpaired) electrons. The van der Waals surface area contributed by atoms with Crippen molar-refractivity contribution < 1.29 is 18.1 Å². The van der Waals surface area contributed by atoms with Crippen LogP contribution in [0.15, 0.2) is 29.2 Å². The summed E-state index contributed by atoms with van der Waals surface area (Å²) in [5, 5.41) is 11.1. The second-order valence-corrected chi connectivity index (χ2v) is 8.93. The van der Waals surface area contributed by atoms with Gasteiger partial charge >= 0.3 is 0 Å². The molecule has 1 aromatic rings. The van der Waals surface area contributed by atoms with E-state index in [0.29, 0.717) is 18.8 Å². The first kappa shape index (κ1) is 20.7. The van der Waals surface area contributed by atoms with E-state index < -0.39 is 20.6 Å². The maximum absolute atomic E-state index is 12.7. The predicted molar refractivity (Wildman–Crippen MR) is 101 cm³/mol. The third-order valence-electron chi connectivity index (χ3n) is 4.14. The zero-order valence-corrected chi connectivity index (χ0v) is 16.3. The van der Waals surface area contributed by atoms with Gasteiger partial charge in [-0.2, -0.15) is 16.1 Å². The van der Waals surface area contributed by atoms with Crippen molar-refractivity contribution in [3.8, 4) is 0 Å². The Labute approximate surface area is 157 Å². The summed E-state index contributed by atoms with van der Waals surface area (Å²) in [5.74, 6) is 1.35. The van der Waals surface area contributed by atoms with Crippen molar-refractivity contribution in [2.24, 2.45) is 0 Å². The van der Waals surface area contributed by atoms with Crippen LogP contribution in [0.3, 0.4) is 0 Å². The molecule has 0 bridgehead atoms. The Morgan fingerprint density at radius 1 is 1.23 bits per heavy atom. The van der Waals surface area contributed by atoms with E-state index in [9.17, 15) is 23.3 Å². The van der Waals surface area contributed by atoms with Crippen LogP contribution in [0.25, 0.3) is 0 Å². The highest BCUT2D eigenvalue weighted by Gasteiger charge is 2.34. The fraction of sp³-hybridized carbons (Fsp3) is 0.562. The van der Waals surface area contributed by atoms with Gasteiger partial charge < -0.3 is 4.90 Å². The number of nitrogens with zero attached hydrogens (tertiary/aromatic N) is 3.